The molecular formula is C23H40N2O14. The van der Waals surface area contributed by atoms with E-state index >= 15 is 0 Å². The first-order chi connectivity index (χ1) is 18.5. The van der Waals surface area contributed by atoms with Gasteiger partial charge < -0.3 is 65.0 Å². The highest BCUT2D eigenvalue weighted by molar-refractivity contribution is 5.80. The molecule has 2 fully saturated rings. The van der Waals surface area contributed by atoms with E-state index in [1.807, 2.05) is 0 Å². The van der Waals surface area contributed by atoms with Crippen LogP contribution in [0.4, 0.5) is 0 Å². The van der Waals surface area contributed by atoms with E-state index in [0.29, 0.717) is 19.3 Å². The molecular weight excluding hydrogens is 528 g/mol. The maximum Gasteiger partial charge on any atom is 0.306 e. The lowest BCUT2D eigenvalue weighted by atomic mass is 9.95. The molecule has 2 rings (SSSR count). The Labute approximate surface area is 225 Å². The fourth-order valence-corrected chi connectivity index (χ4v) is 4.13. The highest BCUT2D eigenvalue weighted by atomic mass is 16.7. The smallest absolute Gasteiger partial charge is 0.306 e. The van der Waals surface area contributed by atoms with Gasteiger partial charge in [-0.3, -0.25) is 14.4 Å². The first-order valence-corrected chi connectivity index (χ1v) is 12.7. The first-order valence-electron chi connectivity index (χ1n) is 12.7. The normalized spacial score (nSPS) is 34.8. The molecule has 0 aliphatic carbocycles. The summed E-state index contributed by atoms with van der Waals surface area (Å²) < 4.78 is 27.1. The highest BCUT2D eigenvalue weighted by Crippen LogP contribution is 2.29. The average molecular weight is 569 g/mol. The molecule has 8 N–H and O–H groups in total. The molecule has 2 saturated heterocycles. The Hall–Kier alpha value is -1.99. The molecule has 4 unspecified atom stereocenters. The number of likely N-dealkylation sites (N-methyl/N-ethyl adjacent to an activating group) is 1. The molecule has 0 saturated carbocycles. The molecule has 2 aliphatic heterocycles. The molecule has 16 nitrogen and oxygen atoms in total. The van der Waals surface area contributed by atoms with Crippen molar-refractivity contribution in [2.24, 2.45) is 0 Å². The van der Waals surface area contributed by atoms with Gasteiger partial charge in [-0.1, -0.05) is 6.42 Å². The van der Waals surface area contributed by atoms with Gasteiger partial charge in [0, 0.05) is 27.0 Å². The van der Waals surface area contributed by atoms with Gasteiger partial charge >= 0.3 is 5.97 Å². The lowest BCUT2D eigenvalue weighted by molar-refractivity contribution is -0.347. The van der Waals surface area contributed by atoms with Crippen molar-refractivity contribution in [3.05, 3.63) is 0 Å². The number of nitrogens with one attached hydrogen (secondary N) is 2. The molecule has 0 aromatic rings. The summed E-state index contributed by atoms with van der Waals surface area (Å²) in [5, 5.41) is 66.0. The Balaban J connectivity index is 1.94. The monoisotopic (exact) mass is 568 g/mol. The van der Waals surface area contributed by atoms with Crippen LogP contribution in [-0.4, -0.2) is 143 Å². The van der Waals surface area contributed by atoms with Crippen LogP contribution in [0.2, 0.25) is 0 Å². The maximum absolute atomic E-state index is 11.7. The third-order valence-corrected chi connectivity index (χ3v) is 6.31. The van der Waals surface area contributed by atoms with Crippen LogP contribution in [0.5, 0.6) is 0 Å². The van der Waals surface area contributed by atoms with E-state index in [2.05, 4.69) is 10.6 Å². The van der Waals surface area contributed by atoms with E-state index < -0.39 is 92.3 Å². The summed E-state index contributed by atoms with van der Waals surface area (Å²) in [6.45, 7) is -0.477. The van der Waals surface area contributed by atoms with Crippen molar-refractivity contribution in [2.45, 2.75) is 94.0 Å². The average Bonchev–Trinajstić information content (AvgIpc) is 2.91. The Kier molecular flexibility index (Phi) is 13.9. The Morgan fingerprint density at radius 2 is 1.49 bits per heavy atom. The molecule has 16 heteroatoms. The van der Waals surface area contributed by atoms with Crippen LogP contribution < -0.4 is 10.6 Å². The van der Waals surface area contributed by atoms with Crippen LogP contribution in [0.1, 0.15) is 32.6 Å². The first kappa shape index (κ1) is 33.2. The van der Waals surface area contributed by atoms with Gasteiger partial charge in [0.25, 0.3) is 5.91 Å². The number of carbonyl (C=O) groups excluding carboxylic acids is 3. The standard InChI is InChI=1S/C23H40N2O14/c1-11(28)25-16-19(33)17(31)12(8-26)37-22(16)39-21-18(32)13(9-27)38-23(20(21)34)35-7-5-3-4-6-15(30)36-10-14(29)24-2/h12-13,16-23,26-27,31-34H,3-10H2,1-2H3,(H,24,29)(H,25,28)/t12?,13?,16?,17-,18-,19+,20?,21-,22-,23+/m0/s1. The van der Waals surface area contributed by atoms with Gasteiger partial charge in [-0.25, -0.2) is 0 Å². The lowest BCUT2D eigenvalue weighted by Crippen LogP contribution is -2.67. The summed E-state index contributed by atoms with van der Waals surface area (Å²) >= 11 is 0. The van der Waals surface area contributed by atoms with E-state index in [4.69, 9.17) is 23.7 Å². The van der Waals surface area contributed by atoms with Gasteiger partial charge in [0.2, 0.25) is 5.91 Å². The fraction of sp³-hybridized carbons (Fsp3) is 0.870. The molecule has 226 valence electrons. The topological polar surface area (TPSA) is 243 Å². The molecule has 0 aromatic heterocycles. The second kappa shape index (κ2) is 16.3. The zero-order valence-electron chi connectivity index (χ0n) is 21.9. The summed E-state index contributed by atoms with van der Waals surface area (Å²) in [6, 6.07) is -1.32. The van der Waals surface area contributed by atoms with Crippen molar-refractivity contribution in [1.82, 2.24) is 10.6 Å². The summed E-state index contributed by atoms with van der Waals surface area (Å²) in [7, 11) is 1.43. The molecule has 0 spiro atoms. The number of ether oxygens (including phenoxy) is 5. The fourth-order valence-electron chi connectivity index (χ4n) is 4.13. The SMILES string of the molecule is CNC(=O)COC(=O)CCCCCO[C@@H]1OC(CO)[C@H](O)[C@H](O[C@@H]2OC(CO)[C@H](O)[C@H](O)C2NC(C)=O)C1O. The van der Waals surface area contributed by atoms with Crippen molar-refractivity contribution >= 4 is 17.8 Å². The zero-order valence-corrected chi connectivity index (χ0v) is 21.9. The summed E-state index contributed by atoms with van der Waals surface area (Å²) in [5.74, 6) is -1.53. The lowest BCUT2D eigenvalue weighted by Gasteiger charge is -2.47. The van der Waals surface area contributed by atoms with E-state index in [9.17, 15) is 45.0 Å². The number of hydrogen-bond donors (Lipinski definition) is 8. The number of hydrogen-bond acceptors (Lipinski definition) is 14. The van der Waals surface area contributed by atoms with Crippen molar-refractivity contribution in [2.75, 3.05) is 33.5 Å². The van der Waals surface area contributed by atoms with Gasteiger partial charge in [0.05, 0.1) is 13.2 Å². The van der Waals surface area contributed by atoms with Crippen LogP contribution in [-0.2, 0) is 38.1 Å². The van der Waals surface area contributed by atoms with Gasteiger partial charge in [-0.2, -0.15) is 0 Å². The molecule has 2 amide bonds. The predicted molar refractivity (Wildman–Crippen MR) is 127 cm³/mol. The number of amides is 2. The molecule has 2 aliphatic rings. The third kappa shape index (κ3) is 9.56. The Morgan fingerprint density at radius 1 is 0.846 bits per heavy atom. The molecule has 0 bridgehead atoms. The van der Waals surface area contributed by atoms with Crippen molar-refractivity contribution in [3.63, 3.8) is 0 Å². The molecule has 0 radical (unpaired) electrons. The van der Waals surface area contributed by atoms with Crippen molar-refractivity contribution in [3.8, 4) is 0 Å². The number of aliphatic hydroxyl groups excluding tert-OH is 6. The summed E-state index contributed by atoms with van der Waals surface area (Å²) in [6.07, 6.45) is -11.7. The summed E-state index contributed by atoms with van der Waals surface area (Å²) in [5.41, 5.74) is 0. The van der Waals surface area contributed by atoms with E-state index in [1.165, 1.54) is 7.05 Å². The maximum atomic E-state index is 11.7. The number of unbranched alkanes of at least 4 members (excludes halogenated alkanes) is 2. The Bertz CT molecular complexity index is 788. The van der Waals surface area contributed by atoms with E-state index in [0.717, 1.165) is 6.92 Å². The molecule has 39 heavy (non-hydrogen) atoms. The third-order valence-electron chi connectivity index (χ3n) is 6.31. The molecule has 2 heterocycles. The van der Waals surface area contributed by atoms with Crippen molar-refractivity contribution < 1.29 is 68.7 Å². The minimum Gasteiger partial charge on any atom is -0.456 e. The minimum atomic E-state index is -1.61. The highest BCUT2D eigenvalue weighted by Gasteiger charge is 2.51. The second-order valence-electron chi connectivity index (χ2n) is 9.26. The van der Waals surface area contributed by atoms with Gasteiger partial charge in [-0.15, -0.1) is 0 Å². The van der Waals surface area contributed by atoms with Crippen LogP contribution >= 0.6 is 0 Å². The predicted octanol–water partition coefficient (Wildman–Crippen LogP) is -4.38. The van der Waals surface area contributed by atoms with E-state index in [-0.39, 0.29) is 19.6 Å². The van der Waals surface area contributed by atoms with Crippen LogP contribution in [0.3, 0.4) is 0 Å². The second-order valence-corrected chi connectivity index (χ2v) is 9.26. The zero-order chi connectivity index (χ0) is 29.1. The number of aliphatic hydroxyl groups is 6. The number of esters is 1. The quantitative estimate of drug-likeness (QED) is 0.0729. The van der Waals surface area contributed by atoms with Crippen LogP contribution in [0.25, 0.3) is 0 Å². The van der Waals surface area contributed by atoms with Gasteiger partial charge in [-0.05, 0) is 12.8 Å². The molecule has 10 atom stereocenters. The van der Waals surface area contributed by atoms with Crippen molar-refractivity contribution in [1.29, 1.82) is 0 Å². The largest absolute Gasteiger partial charge is 0.456 e. The summed E-state index contributed by atoms with van der Waals surface area (Å²) in [4.78, 5) is 34.4. The number of carbonyl (C=O) groups is 3. The van der Waals surface area contributed by atoms with E-state index in [1.54, 1.807) is 0 Å². The molecule has 0 aromatic carbocycles. The van der Waals surface area contributed by atoms with Crippen LogP contribution in [0.15, 0.2) is 0 Å². The number of rotatable bonds is 14. The van der Waals surface area contributed by atoms with Gasteiger partial charge in [0.15, 0.2) is 19.2 Å². The van der Waals surface area contributed by atoms with Gasteiger partial charge in [0.1, 0.15) is 48.8 Å². The minimum absolute atomic E-state index is 0.0713. The van der Waals surface area contributed by atoms with Crippen LogP contribution in [0, 0.1) is 0 Å². The Morgan fingerprint density at radius 3 is 2.10 bits per heavy atom.